The zero-order valence-corrected chi connectivity index (χ0v) is 13.4. The van der Waals surface area contributed by atoms with Gasteiger partial charge in [-0.25, -0.2) is 9.18 Å². The average molecular weight is 378 g/mol. The third-order valence-corrected chi connectivity index (χ3v) is 3.24. The second kappa shape index (κ2) is 7.86. The van der Waals surface area contributed by atoms with Gasteiger partial charge in [0.15, 0.2) is 6.61 Å². The van der Waals surface area contributed by atoms with Gasteiger partial charge in [0.25, 0.3) is 17.3 Å². The molecule has 0 spiro atoms. The molecule has 0 aromatic heterocycles. The second-order valence-electron chi connectivity index (χ2n) is 5.07. The van der Waals surface area contributed by atoms with Crippen LogP contribution >= 0.6 is 0 Å². The van der Waals surface area contributed by atoms with Crippen molar-refractivity contribution in [2.45, 2.75) is 0 Å². The van der Waals surface area contributed by atoms with E-state index in [0.717, 1.165) is 36.4 Å². The number of carbonyl (C=O) groups excluding carboxylic acids is 2. The quantitative estimate of drug-likeness (QED) is 0.333. The minimum Gasteiger partial charge on any atom is -0.452 e. The number of nitro benzene ring substituents is 2. The van der Waals surface area contributed by atoms with Gasteiger partial charge in [0, 0.05) is 24.3 Å². The lowest BCUT2D eigenvalue weighted by molar-refractivity contribution is -0.385. The average Bonchev–Trinajstić information content (AvgIpc) is 2.61. The molecule has 0 fully saturated rings. The third-order valence-electron chi connectivity index (χ3n) is 3.24. The molecule has 0 aliphatic heterocycles. The van der Waals surface area contributed by atoms with Gasteiger partial charge in [-0.05, 0) is 12.1 Å². The maximum absolute atomic E-state index is 13.6. The molecule has 0 radical (unpaired) electrons. The van der Waals surface area contributed by atoms with Gasteiger partial charge in [0.1, 0.15) is 5.82 Å². The number of esters is 1. The van der Waals surface area contributed by atoms with Gasteiger partial charge < -0.3 is 15.8 Å². The molecule has 3 N–H and O–H groups in total. The molecule has 0 atom stereocenters. The van der Waals surface area contributed by atoms with E-state index in [1.165, 1.54) is 0 Å². The van der Waals surface area contributed by atoms with Crippen LogP contribution in [0.25, 0.3) is 0 Å². The van der Waals surface area contributed by atoms with Crippen molar-refractivity contribution in [3.63, 3.8) is 0 Å². The SMILES string of the molecule is Nc1cc([N+](=O)[O-])ccc1C(=O)OCC(=O)Nc1cc([N+](=O)[O-])ccc1F. The fourth-order valence-corrected chi connectivity index (χ4v) is 1.97. The first-order chi connectivity index (χ1) is 12.7. The highest BCUT2D eigenvalue weighted by molar-refractivity contribution is 5.98. The van der Waals surface area contributed by atoms with Gasteiger partial charge in [0.2, 0.25) is 0 Å². The summed E-state index contributed by atoms with van der Waals surface area (Å²) >= 11 is 0. The van der Waals surface area contributed by atoms with Crippen molar-refractivity contribution in [1.82, 2.24) is 0 Å². The molecular weight excluding hydrogens is 367 g/mol. The van der Waals surface area contributed by atoms with E-state index in [9.17, 15) is 34.2 Å². The molecule has 2 aromatic carbocycles. The number of amides is 1. The van der Waals surface area contributed by atoms with Gasteiger partial charge in [-0.3, -0.25) is 25.0 Å². The summed E-state index contributed by atoms with van der Waals surface area (Å²) in [6, 6.07) is 5.58. The Morgan fingerprint density at radius 1 is 1.07 bits per heavy atom. The number of rotatable bonds is 6. The fourth-order valence-electron chi connectivity index (χ4n) is 1.97. The molecule has 0 unspecified atom stereocenters. The van der Waals surface area contributed by atoms with Crippen molar-refractivity contribution in [2.75, 3.05) is 17.7 Å². The number of nitro groups is 2. The molecule has 11 nitrogen and oxygen atoms in total. The minimum absolute atomic E-state index is 0.199. The Morgan fingerprint density at radius 2 is 1.67 bits per heavy atom. The van der Waals surface area contributed by atoms with Gasteiger partial charge in [-0.2, -0.15) is 0 Å². The molecule has 140 valence electrons. The number of nitrogens with two attached hydrogens (primary N) is 1. The molecule has 0 aliphatic rings. The number of non-ortho nitro benzene ring substituents is 2. The summed E-state index contributed by atoms with van der Waals surface area (Å²) in [4.78, 5) is 43.5. The molecule has 0 saturated carbocycles. The van der Waals surface area contributed by atoms with Crippen LogP contribution in [0.3, 0.4) is 0 Å². The molecule has 2 rings (SSSR count). The van der Waals surface area contributed by atoms with E-state index in [2.05, 4.69) is 0 Å². The van der Waals surface area contributed by atoms with E-state index in [4.69, 9.17) is 10.5 Å². The Balaban J connectivity index is 2.01. The van der Waals surface area contributed by atoms with Gasteiger partial charge >= 0.3 is 5.97 Å². The Morgan fingerprint density at radius 3 is 2.26 bits per heavy atom. The van der Waals surface area contributed by atoms with Crippen LogP contribution in [0.2, 0.25) is 0 Å². The number of benzene rings is 2. The molecule has 0 saturated heterocycles. The molecule has 0 heterocycles. The van der Waals surface area contributed by atoms with Crippen LogP contribution in [0, 0.1) is 26.0 Å². The minimum atomic E-state index is -1.03. The van der Waals surface area contributed by atoms with Crippen LogP contribution in [-0.4, -0.2) is 28.3 Å². The van der Waals surface area contributed by atoms with Gasteiger partial charge in [-0.15, -0.1) is 0 Å². The maximum Gasteiger partial charge on any atom is 0.340 e. The highest BCUT2D eigenvalue weighted by atomic mass is 19.1. The topological polar surface area (TPSA) is 168 Å². The second-order valence-corrected chi connectivity index (χ2v) is 5.07. The largest absolute Gasteiger partial charge is 0.452 e. The number of hydrogen-bond acceptors (Lipinski definition) is 8. The third kappa shape index (κ3) is 4.72. The lowest BCUT2D eigenvalue weighted by atomic mass is 10.1. The van der Waals surface area contributed by atoms with Crippen LogP contribution in [-0.2, 0) is 9.53 Å². The lowest BCUT2D eigenvalue weighted by Gasteiger charge is -2.08. The van der Waals surface area contributed by atoms with E-state index in [1.807, 2.05) is 5.32 Å². The van der Waals surface area contributed by atoms with Crippen LogP contribution < -0.4 is 11.1 Å². The molecule has 1 amide bonds. The molecule has 27 heavy (non-hydrogen) atoms. The van der Waals surface area contributed by atoms with Crippen molar-refractivity contribution in [3.05, 3.63) is 68.0 Å². The smallest absolute Gasteiger partial charge is 0.340 e. The number of nitrogens with one attached hydrogen (secondary N) is 1. The Labute approximate surface area is 149 Å². The standard InChI is InChI=1S/C15H11FN4O7/c16-11-4-2-9(20(25)26)6-13(11)18-14(21)7-27-15(22)10-3-1-8(19(23)24)5-12(10)17/h1-6H,7,17H2,(H,18,21). The Hall–Kier alpha value is -4.09. The van der Waals surface area contributed by atoms with Crippen LogP contribution in [0.1, 0.15) is 10.4 Å². The summed E-state index contributed by atoms with van der Waals surface area (Å²) in [5.41, 5.74) is 3.88. The van der Waals surface area contributed by atoms with E-state index in [0.29, 0.717) is 0 Å². The Bertz CT molecular complexity index is 948. The number of nitrogens with zero attached hydrogens (tertiary/aromatic N) is 2. The number of anilines is 2. The summed E-state index contributed by atoms with van der Waals surface area (Å²) < 4.78 is 18.3. The predicted octanol–water partition coefficient (Wildman–Crippen LogP) is 2.02. The summed E-state index contributed by atoms with van der Waals surface area (Å²) in [6.07, 6.45) is 0. The van der Waals surface area contributed by atoms with Crippen molar-refractivity contribution >= 4 is 34.6 Å². The summed E-state index contributed by atoms with van der Waals surface area (Å²) in [6.45, 7) is -0.836. The summed E-state index contributed by atoms with van der Waals surface area (Å²) in [5, 5.41) is 23.3. The van der Waals surface area contributed by atoms with E-state index < -0.39 is 45.5 Å². The highest BCUT2D eigenvalue weighted by Crippen LogP contribution is 2.22. The zero-order valence-electron chi connectivity index (χ0n) is 13.4. The zero-order chi connectivity index (χ0) is 20.1. The first-order valence-corrected chi connectivity index (χ1v) is 7.14. The van der Waals surface area contributed by atoms with Crippen molar-refractivity contribution in [2.24, 2.45) is 0 Å². The van der Waals surface area contributed by atoms with Crippen LogP contribution in [0.5, 0.6) is 0 Å². The van der Waals surface area contributed by atoms with Crippen molar-refractivity contribution in [1.29, 1.82) is 0 Å². The monoisotopic (exact) mass is 378 g/mol. The fraction of sp³-hybridized carbons (Fsp3) is 0.0667. The molecular formula is C15H11FN4O7. The number of carbonyl (C=O) groups is 2. The normalized spacial score (nSPS) is 10.1. The predicted molar refractivity (Wildman–Crippen MR) is 89.5 cm³/mol. The van der Waals surface area contributed by atoms with Crippen LogP contribution in [0.15, 0.2) is 36.4 Å². The summed E-state index contributed by atoms with van der Waals surface area (Å²) in [7, 11) is 0. The maximum atomic E-state index is 13.6. The van der Waals surface area contributed by atoms with E-state index in [1.54, 1.807) is 0 Å². The number of ether oxygens (including phenoxy) is 1. The number of nitrogen functional groups attached to an aromatic ring is 1. The van der Waals surface area contributed by atoms with E-state index in [-0.39, 0.29) is 16.9 Å². The highest BCUT2D eigenvalue weighted by Gasteiger charge is 2.18. The lowest BCUT2D eigenvalue weighted by Crippen LogP contribution is -2.22. The van der Waals surface area contributed by atoms with Crippen LogP contribution in [0.4, 0.5) is 27.1 Å². The molecule has 0 bridgehead atoms. The van der Waals surface area contributed by atoms with Gasteiger partial charge in [-0.1, -0.05) is 0 Å². The van der Waals surface area contributed by atoms with Gasteiger partial charge in [0.05, 0.1) is 26.8 Å². The Kier molecular flexibility index (Phi) is 5.60. The van der Waals surface area contributed by atoms with Crippen molar-refractivity contribution in [3.8, 4) is 0 Å². The summed E-state index contributed by atoms with van der Waals surface area (Å²) in [5.74, 6) is -2.90. The first-order valence-electron chi connectivity index (χ1n) is 7.14. The first kappa shape index (κ1) is 19.2. The number of halogens is 1. The van der Waals surface area contributed by atoms with E-state index >= 15 is 0 Å². The molecule has 2 aromatic rings. The van der Waals surface area contributed by atoms with Crippen molar-refractivity contribution < 1.29 is 28.6 Å². The molecule has 0 aliphatic carbocycles. The molecule has 12 heteroatoms. The number of hydrogen-bond donors (Lipinski definition) is 2.